The van der Waals surface area contributed by atoms with E-state index >= 15 is 0 Å². The van der Waals surface area contributed by atoms with Gasteiger partial charge < -0.3 is 9.47 Å². The molecule has 0 aliphatic rings. The highest BCUT2D eigenvalue weighted by Gasteiger charge is 2.19. The normalized spacial score (nSPS) is 11.5. The predicted molar refractivity (Wildman–Crippen MR) is 300 cm³/mol. The zero-order chi connectivity index (χ0) is 46.4. The van der Waals surface area contributed by atoms with Gasteiger partial charge in [-0.05, 0) is 122 Å². The predicted octanol–water partition coefficient (Wildman–Crippen LogP) is 18.8. The van der Waals surface area contributed by atoms with Gasteiger partial charge in [-0.3, -0.25) is 0 Å². The van der Waals surface area contributed by atoms with Crippen LogP contribution in [0.2, 0.25) is 0 Å². The largest absolute Gasteiger partial charge is 0.337 e. The Hall–Kier alpha value is -8.76. The minimum atomic E-state index is 0.684. The highest BCUT2D eigenvalue weighted by atomic mass is 32.1. The first-order valence-corrected chi connectivity index (χ1v) is 24.8. The Morgan fingerprint density at radius 3 is 1.46 bits per heavy atom. The number of hydrogen-bond acceptors (Lipinski definition) is 2. The molecule has 3 heteroatoms. The van der Waals surface area contributed by atoms with E-state index in [9.17, 15) is 0 Å². The third-order valence-corrected chi connectivity index (χ3v) is 15.1. The van der Waals surface area contributed by atoms with E-state index in [1.54, 1.807) is 0 Å². The lowest BCUT2D eigenvalue weighted by molar-refractivity contribution is 0.977. The fraction of sp³-hybridized carbons (Fsp3) is 0.0149. The number of para-hydroxylation sites is 1. The summed E-state index contributed by atoms with van der Waals surface area (Å²) in [5.41, 5.74) is 19.2. The van der Waals surface area contributed by atoms with Gasteiger partial charge in [0.1, 0.15) is 0 Å². The van der Waals surface area contributed by atoms with Crippen LogP contribution in [0.3, 0.4) is 0 Å². The molecular formula is C67H46N2S. The van der Waals surface area contributed by atoms with Crippen LogP contribution >= 0.6 is 11.3 Å². The number of aromatic nitrogens is 1. The molecule has 0 bridgehead atoms. The van der Waals surface area contributed by atoms with Crippen LogP contribution < -0.4 is 4.90 Å². The summed E-state index contributed by atoms with van der Waals surface area (Å²) in [7, 11) is 0. The molecular weight excluding hydrogens is 865 g/mol. The van der Waals surface area contributed by atoms with Crippen molar-refractivity contribution in [2.24, 2.45) is 0 Å². The summed E-state index contributed by atoms with van der Waals surface area (Å²) >= 11 is 1.87. The third kappa shape index (κ3) is 7.54. The van der Waals surface area contributed by atoms with Crippen LogP contribution in [0, 0.1) is 0 Å². The van der Waals surface area contributed by atoms with Crippen LogP contribution in [0.1, 0.15) is 5.56 Å². The van der Waals surface area contributed by atoms with Crippen LogP contribution in [-0.4, -0.2) is 4.57 Å². The molecule has 0 spiro atoms. The quantitative estimate of drug-likeness (QED) is 0.133. The van der Waals surface area contributed by atoms with Crippen molar-refractivity contribution < 1.29 is 0 Å². The molecule has 13 aromatic rings. The summed E-state index contributed by atoms with van der Waals surface area (Å²) in [6.45, 7) is 0.684. The third-order valence-electron chi connectivity index (χ3n) is 13.9. The zero-order valence-electron chi connectivity index (χ0n) is 38.4. The average molecular weight is 911 g/mol. The van der Waals surface area contributed by atoms with Gasteiger partial charge in [0.25, 0.3) is 0 Å². The number of anilines is 2. The molecule has 0 radical (unpaired) electrons. The minimum Gasteiger partial charge on any atom is -0.337 e. The Kier molecular flexibility index (Phi) is 10.5. The molecule has 0 atom stereocenters. The molecule has 0 N–H and O–H groups in total. The van der Waals surface area contributed by atoms with Crippen LogP contribution in [0.15, 0.2) is 267 Å². The van der Waals surface area contributed by atoms with E-state index < -0.39 is 0 Å². The van der Waals surface area contributed by atoms with Gasteiger partial charge in [-0.2, -0.15) is 0 Å². The SMILES string of the molecule is c1ccc(-c2ccc(-c3ccc(N(Cc4ccccc4-c4cccc(-c5cccc6c5c5ccccc5n6-c5ccc6c(c5)sc5ccccc56)c4)c4ccc(-c5ccccc5)cc4)cc3)cc2)cc1. The number of nitrogens with zero attached hydrogens (tertiary/aromatic N) is 2. The van der Waals surface area contributed by atoms with Gasteiger partial charge in [-0.25, -0.2) is 0 Å². The number of rotatable bonds is 10. The standard InChI is InChI=1S/C67H46N2S/c1-3-15-46(16-4-1)48-29-31-49(32-30-48)51-35-39-56(40-36-51)68(55-37-33-50(34-38-55)47-17-5-2-6-18-47)45-54-19-7-8-22-58(54)52-20-13-21-53(43-52)59-25-14-27-64-67(59)62-24-9-11-26-63(62)69(64)57-41-42-61-60-23-10-12-28-65(60)70-66(61)44-57/h1-44H,45H2. The molecule has 0 unspecified atom stereocenters. The van der Waals surface area contributed by atoms with Gasteiger partial charge >= 0.3 is 0 Å². The van der Waals surface area contributed by atoms with Crippen molar-refractivity contribution in [2.75, 3.05) is 4.90 Å². The number of thiophene rings is 1. The highest BCUT2D eigenvalue weighted by molar-refractivity contribution is 7.25. The fourth-order valence-corrected chi connectivity index (χ4v) is 11.6. The van der Waals surface area contributed by atoms with E-state index in [1.165, 1.54) is 109 Å². The summed E-state index contributed by atoms with van der Waals surface area (Å²) in [4.78, 5) is 2.45. The second kappa shape index (κ2) is 17.7. The smallest absolute Gasteiger partial charge is 0.0547 e. The fourth-order valence-electron chi connectivity index (χ4n) is 10.5. The van der Waals surface area contributed by atoms with Crippen molar-refractivity contribution in [3.63, 3.8) is 0 Å². The summed E-state index contributed by atoms with van der Waals surface area (Å²) < 4.78 is 5.07. The van der Waals surface area contributed by atoms with Crippen molar-refractivity contribution >= 4 is 64.7 Å². The van der Waals surface area contributed by atoms with E-state index in [2.05, 4.69) is 276 Å². The molecule has 13 rings (SSSR count). The van der Waals surface area contributed by atoms with Crippen LogP contribution in [-0.2, 0) is 6.54 Å². The average Bonchev–Trinajstić information content (AvgIpc) is 3.99. The first kappa shape index (κ1) is 41.4. The van der Waals surface area contributed by atoms with E-state index in [-0.39, 0.29) is 0 Å². The summed E-state index contributed by atoms with van der Waals surface area (Å²) in [5.74, 6) is 0. The van der Waals surface area contributed by atoms with Crippen LogP contribution in [0.5, 0.6) is 0 Å². The van der Waals surface area contributed by atoms with Gasteiger partial charge in [0.15, 0.2) is 0 Å². The second-order valence-corrected chi connectivity index (χ2v) is 19.1. The maximum atomic E-state index is 2.45. The van der Waals surface area contributed by atoms with Crippen LogP contribution in [0.25, 0.3) is 103 Å². The van der Waals surface area contributed by atoms with Crippen molar-refractivity contribution in [2.45, 2.75) is 6.54 Å². The molecule has 330 valence electrons. The summed E-state index contributed by atoms with van der Waals surface area (Å²) in [6.07, 6.45) is 0. The van der Waals surface area contributed by atoms with Gasteiger partial charge in [-0.1, -0.05) is 206 Å². The molecule has 0 amide bonds. The second-order valence-electron chi connectivity index (χ2n) is 18.1. The van der Waals surface area contributed by atoms with Crippen molar-refractivity contribution in [3.8, 4) is 61.3 Å². The van der Waals surface area contributed by atoms with E-state index in [1.807, 2.05) is 11.3 Å². The molecule has 0 aliphatic carbocycles. The molecule has 2 nitrogen and oxygen atoms in total. The topological polar surface area (TPSA) is 8.17 Å². The van der Waals surface area contributed by atoms with Gasteiger partial charge in [0, 0.05) is 54.6 Å². The molecule has 0 saturated carbocycles. The van der Waals surface area contributed by atoms with Crippen molar-refractivity contribution in [3.05, 3.63) is 272 Å². The zero-order valence-corrected chi connectivity index (χ0v) is 39.2. The van der Waals surface area contributed by atoms with Crippen LogP contribution in [0.4, 0.5) is 11.4 Å². The Balaban J connectivity index is 0.870. The highest BCUT2D eigenvalue weighted by Crippen LogP contribution is 2.42. The molecule has 0 saturated heterocycles. The van der Waals surface area contributed by atoms with Gasteiger partial charge in [-0.15, -0.1) is 11.3 Å². The summed E-state index contributed by atoms with van der Waals surface area (Å²) in [5, 5.41) is 5.15. The van der Waals surface area contributed by atoms with Gasteiger partial charge in [0.05, 0.1) is 11.0 Å². The lowest BCUT2D eigenvalue weighted by atomic mass is 9.93. The van der Waals surface area contributed by atoms with E-state index in [0.29, 0.717) is 6.54 Å². The van der Waals surface area contributed by atoms with Crippen molar-refractivity contribution in [1.29, 1.82) is 0 Å². The maximum absolute atomic E-state index is 2.45. The van der Waals surface area contributed by atoms with Gasteiger partial charge in [0.2, 0.25) is 0 Å². The molecule has 0 aliphatic heterocycles. The Labute approximate surface area is 412 Å². The van der Waals surface area contributed by atoms with E-state index in [0.717, 1.165) is 11.4 Å². The molecule has 0 fully saturated rings. The maximum Gasteiger partial charge on any atom is 0.0547 e. The Bertz CT molecular complexity index is 4000. The Morgan fingerprint density at radius 1 is 0.314 bits per heavy atom. The number of benzene rings is 11. The molecule has 70 heavy (non-hydrogen) atoms. The number of fused-ring (bicyclic) bond motifs is 6. The lowest BCUT2D eigenvalue weighted by Gasteiger charge is -2.27. The Morgan fingerprint density at radius 2 is 0.786 bits per heavy atom. The molecule has 11 aromatic carbocycles. The monoisotopic (exact) mass is 910 g/mol. The first-order valence-electron chi connectivity index (χ1n) is 24.0. The van der Waals surface area contributed by atoms with Crippen molar-refractivity contribution in [1.82, 2.24) is 4.57 Å². The van der Waals surface area contributed by atoms with E-state index in [4.69, 9.17) is 0 Å². The summed E-state index contributed by atoms with van der Waals surface area (Å²) in [6, 6.07) is 97.6. The first-order chi connectivity index (χ1) is 34.7. The number of hydrogen-bond donors (Lipinski definition) is 0. The molecule has 2 heterocycles. The minimum absolute atomic E-state index is 0.684. The lowest BCUT2D eigenvalue weighted by Crippen LogP contribution is -2.17. The molecule has 2 aromatic heterocycles.